The lowest BCUT2D eigenvalue weighted by Gasteiger charge is -2.11. The van der Waals surface area contributed by atoms with Crippen LogP contribution >= 0.6 is 22.9 Å². The Kier molecular flexibility index (Phi) is 4.40. The van der Waals surface area contributed by atoms with Crippen LogP contribution in [0.1, 0.15) is 11.7 Å². The average Bonchev–Trinajstić information content (AvgIpc) is 3.20. The van der Waals surface area contributed by atoms with Gasteiger partial charge in [-0.15, -0.1) is 5.10 Å². The standard InChI is InChI=1S/C18H15ClN4OS/c19-14-8-6-13(7-9-14)16(24)10-20-17-22-23-11-15(21-18(23)25-17)12-4-2-1-3-5-12/h1-9,11,16,24H,10H2,(H,20,22)/t16-/m1/s1. The molecule has 2 N–H and O–H groups in total. The number of nitrogens with one attached hydrogen (secondary N) is 1. The third kappa shape index (κ3) is 3.51. The van der Waals surface area contributed by atoms with E-state index in [9.17, 15) is 5.11 Å². The number of aliphatic hydroxyl groups excluding tert-OH is 1. The first kappa shape index (κ1) is 16.1. The van der Waals surface area contributed by atoms with E-state index < -0.39 is 6.10 Å². The summed E-state index contributed by atoms with van der Waals surface area (Å²) < 4.78 is 1.75. The van der Waals surface area contributed by atoms with Crippen molar-refractivity contribution < 1.29 is 5.11 Å². The molecule has 1 atom stereocenters. The molecule has 7 heteroatoms. The summed E-state index contributed by atoms with van der Waals surface area (Å²) in [6.07, 6.45) is 1.27. The number of nitrogens with zero attached hydrogens (tertiary/aromatic N) is 3. The third-order valence-electron chi connectivity index (χ3n) is 3.81. The van der Waals surface area contributed by atoms with Crippen molar-refractivity contribution in [3.8, 4) is 11.3 Å². The van der Waals surface area contributed by atoms with Crippen molar-refractivity contribution in [3.05, 3.63) is 71.4 Å². The van der Waals surface area contributed by atoms with Gasteiger partial charge in [0, 0.05) is 17.1 Å². The van der Waals surface area contributed by atoms with Crippen molar-refractivity contribution in [1.82, 2.24) is 14.6 Å². The largest absolute Gasteiger partial charge is 0.387 e. The summed E-state index contributed by atoms with van der Waals surface area (Å²) in [5.41, 5.74) is 2.77. The van der Waals surface area contributed by atoms with Gasteiger partial charge in [0.05, 0.1) is 18.0 Å². The maximum absolute atomic E-state index is 10.2. The lowest BCUT2D eigenvalue weighted by atomic mass is 10.1. The fourth-order valence-electron chi connectivity index (χ4n) is 2.51. The van der Waals surface area contributed by atoms with Crippen molar-refractivity contribution in [2.24, 2.45) is 0 Å². The number of hydrogen-bond acceptors (Lipinski definition) is 5. The molecule has 2 aromatic heterocycles. The molecular formula is C18H15ClN4OS. The lowest BCUT2D eigenvalue weighted by Crippen LogP contribution is -2.12. The molecule has 0 bridgehead atoms. The van der Waals surface area contributed by atoms with Gasteiger partial charge in [-0.25, -0.2) is 9.50 Å². The van der Waals surface area contributed by atoms with E-state index >= 15 is 0 Å². The maximum atomic E-state index is 10.2. The number of aliphatic hydroxyl groups is 1. The highest BCUT2D eigenvalue weighted by Gasteiger charge is 2.12. The predicted molar refractivity (Wildman–Crippen MR) is 101 cm³/mol. The molecule has 0 saturated heterocycles. The highest BCUT2D eigenvalue weighted by Crippen LogP contribution is 2.25. The summed E-state index contributed by atoms with van der Waals surface area (Å²) in [7, 11) is 0. The molecular weight excluding hydrogens is 356 g/mol. The molecule has 2 heterocycles. The van der Waals surface area contributed by atoms with Gasteiger partial charge in [-0.05, 0) is 17.7 Å². The van der Waals surface area contributed by atoms with Crippen LogP contribution in [0.2, 0.25) is 5.02 Å². The highest BCUT2D eigenvalue weighted by atomic mass is 35.5. The van der Waals surface area contributed by atoms with Crippen LogP contribution in [0.3, 0.4) is 0 Å². The Hall–Kier alpha value is -2.41. The van der Waals surface area contributed by atoms with Crippen LogP contribution in [-0.2, 0) is 0 Å². The second kappa shape index (κ2) is 6.84. The van der Waals surface area contributed by atoms with E-state index in [1.807, 2.05) is 48.7 Å². The maximum Gasteiger partial charge on any atom is 0.214 e. The predicted octanol–water partition coefficient (Wildman–Crippen LogP) is 4.26. The molecule has 0 radical (unpaired) electrons. The van der Waals surface area contributed by atoms with Gasteiger partial charge in [-0.1, -0.05) is 65.4 Å². The van der Waals surface area contributed by atoms with Gasteiger partial charge in [0.15, 0.2) is 0 Å². The molecule has 4 aromatic rings. The Morgan fingerprint density at radius 2 is 1.88 bits per heavy atom. The zero-order valence-electron chi connectivity index (χ0n) is 13.1. The molecule has 0 saturated carbocycles. The fourth-order valence-corrected chi connectivity index (χ4v) is 3.42. The van der Waals surface area contributed by atoms with E-state index in [2.05, 4.69) is 15.4 Å². The molecule has 5 nitrogen and oxygen atoms in total. The van der Waals surface area contributed by atoms with Crippen LogP contribution in [0.25, 0.3) is 16.2 Å². The van der Waals surface area contributed by atoms with Crippen LogP contribution in [0.15, 0.2) is 60.8 Å². The second-order valence-corrected chi connectivity index (χ2v) is 6.97. The molecule has 0 aliphatic carbocycles. The Morgan fingerprint density at radius 3 is 2.60 bits per heavy atom. The Balaban J connectivity index is 1.45. The summed E-state index contributed by atoms with van der Waals surface area (Å²) in [6, 6.07) is 17.2. The minimum atomic E-state index is -0.631. The first-order chi connectivity index (χ1) is 12.2. The first-order valence-corrected chi connectivity index (χ1v) is 8.97. The summed E-state index contributed by atoms with van der Waals surface area (Å²) >= 11 is 7.31. The summed E-state index contributed by atoms with van der Waals surface area (Å²) in [5, 5.41) is 19.2. The smallest absolute Gasteiger partial charge is 0.214 e. The number of aromatic nitrogens is 3. The third-order valence-corrected chi connectivity index (χ3v) is 4.95. The monoisotopic (exact) mass is 370 g/mol. The molecule has 2 aromatic carbocycles. The second-order valence-electron chi connectivity index (χ2n) is 5.57. The number of benzene rings is 2. The van der Waals surface area contributed by atoms with Gasteiger partial charge < -0.3 is 10.4 Å². The van der Waals surface area contributed by atoms with Gasteiger partial charge in [0.25, 0.3) is 0 Å². The SMILES string of the molecule is O[C@H](CNc1nn2cc(-c3ccccc3)nc2s1)c1ccc(Cl)cc1. The number of fused-ring (bicyclic) bond motifs is 1. The van der Waals surface area contributed by atoms with E-state index in [1.165, 1.54) is 11.3 Å². The zero-order valence-corrected chi connectivity index (χ0v) is 14.7. The number of rotatable bonds is 5. The molecule has 0 aliphatic heterocycles. The molecule has 126 valence electrons. The van der Waals surface area contributed by atoms with E-state index in [-0.39, 0.29) is 0 Å². The van der Waals surface area contributed by atoms with Gasteiger partial charge in [0.1, 0.15) is 0 Å². The van der Waals surface area contributed by atoms with Crippen molar-refractivity contribution in [3.63, 3.8) is 0 Å². The van der Waals surface area contributed by atoms with Gasteiger partial charge in [0.2, 0.25) is 10.1 Å². The van der Waals surface area contributed by atoms with Gasteiger partial charge in [-0.2, -0.15) is 0 Å². The fraction of sp³-hybridized carbons (Fsp3) is 0.111. The van der Waals surface area contributed by atoms with E-state index in [0.717, 1.165) is 26.9 Å². The number of imidazole rings is 1. The topological polar surface area (TPSA) is 62.5 Å². The molecule has 0 amide bonds. The van der Waals surface area contributed by atoms with Gasteiger partial charge in [-0.3, -0.25) is 0 Å². The number of halogens is 1. The van der Waals surface area contributed by atoms with Crippen molar-refractivity contribution in [2.45, 2.75) is 6.10 Å². The molecule has 0 spiro atoms. The average molecular weight is 371 g/mol. The zero-order chi connectivity index (χ0) is 17.2. The van der Waals surface area contributed by atoms with Crippen LogP contribution in [0.5, 0.6) is 0 Å². The van der Waals surface area contributed by atoms with Crippen LogP contribution in [0, 0.1) is 0 Å². The molecule has 0 fully saturated rings. The van der Waals surface area contributed by atoms with Crippen molar-refractivity contribution >= 4 is 33.0 Å². The number of hydrogen-bond donors (Lipinski definition) is 2. The minimum absolute atomic E-state index is 0.365. The molecule has 0 unspecified atom stereocenters. The minimum Gasteiger partial charge on any atom is -0.387 e. The van der Waals surface area contributed by atoms with Gasteiger partial charge >= 0.3 is 0 Å². The molecule has 0 aliphatic rings. The highest BCUT2D eigenvalue weighted by molar-refractivity contribution is 7.20. The van der Waals surface area contributed by atoms with Crippen molar-refractivity contribution in [2.75, 3.05) is 11.9 Å². The Bertz CT molecular complexity index is 950. The lowest BCUT2D eigenvalue weighted by molar-refractivity contribution is 0.191. The summed E-state index contributed by atoms with van der Waals surface area (Å²) in [6.45, 7) is 0.365. The Labute approximate surface area is 153 Å². The summed E-state index contributed by atoms with van der Waals surface area (Å²) in [5.74, 6) is 0. The van der Waals surface area contributed by atoms with E-state index in [4.69, 9.17) is 11.6 Å². The van der Waals surface area contributed by atoms with Crippen LogP contribution < -0.4 is 5.32 Å². The van der Waals surface area contributed by atoms with Crippen LogP contribution in [0.4, 0.5) is 5.13 Å². The molecule has 4 rings (SSSR count). The van der Waals surface area contributed by atoms with Crippen LogP contribution in [-0.4, -0.2) is 26.2 Å². The first-order valence-electron chi connectivity index (χ1n) is 7.78. The Morgan fingerprint density at radius 1 is 1.12 bits per heavy atom. The van der Waals surface area contributed by atoms with Crippen molar-refractivity contribution in [1.29, 1.82) is 0 Å². The summed E-state index contributed by atoms with van der Waals surface area (Å²) in [4.78, 5) is 5.41. The van der Waals surface area contributed by atoms with E-state index in [0.29, 0.717) is 11.6 Å². The quantitative estimate of drug-likeness (QED) is 0.551. The van der Waals surface area contributed by atoms with E-state index in [1.54, 1.807) is 16.6 Å². The normalized spacial score (nSPS) is 12.4. The number of anilines is 1. The molecule has 25 heavy (non-hydrogen) atoms.